The minimum atomic E-state index is -0.288. The lowest BCUT2D eigenvalue weighted by Gasteiger charge is -2.30. The molecule has 15 heavy (non-hydrogen) atoms. The van der Waals surface area contributed by atoms with Gasteiger partial charge >= 0.3 is 6.09 Å². The Morgan fingerprint density at radius 1 is 1.67 bits per heavy atom. The topological polar surface area (TPSA) is 46.6 Å². The second-order valence-electron chi connectivity index (χ2n) is 4.17. The van der Waals surface area contributed by atoms with Gasteiger partial charge in [-0.3, -0.25) is 4.79 Å². The number of Topliss-reactive ketones (excluding diaryl/α,β-unsaturated/α-hetero) is 1. The van der Waals surface area contributed by atoms with Gasteiger partial charge in [-0.2, -0.15) is 0 Å². The Morgan fingerprint density at radius 2 is 2.33 bits per heavy atom. The molecule has 0 spiro atoms. The maximum absolute atomic E-state index is 11.6. The normalized spacial score (nSPS) is 23.8. The molecule has 0 saturated carbocycles. The molecule has 1 aliphatic rings. The maximum Gasteiger partial charge on any atom is 0.410 e. The zero-order valence-electron chi connectivity index (χ0n) is 9.66. The number of piperidine rings is 1. The standard InChI is InChI=1S/C11H19NO3/c1-4-9(3)15-11(14)12-6-5-10(13)8(2)7-12/h8-9H,4-7H2,1-3H3. The van der Waals surface area contributed by atoms with Crippen LogP contribution in [0.3, 0.4) is 0 Å². The minimum absolute atomic E-state index is 0.0505. The van der Waals surface area contributed by atoms with Crippen LogP contribution in [-0.4, -0.2) is 36.0 Å². The molecule has 0 aromatic heterocycles. The molecule has 2 atom stereocenters. The van der Waals surface area contributed by atoms with E-state index in [1.54, 1.807) is 4.90 Å². The van der Waals surface area contributed by atoms with Crippen LogP contribution in [0.2, 0.25) is 0 Å². The molecule has 1 saturated heterocycles. The van der Waals surface area contributed by atoms with E-state index < -0.39 is 0 Å². The molecule has 1 amide bonds. The number of likely N-dealkylation sites (tertiary alicyclic amines) is 1. The summed E-state index contributed by atoms with van der Waals surface area (Å²) in [5, 5.41) is 0. The fourth-order valence-electron chi connectivity index (χ4n) is 1.51. The van der Waals surface area contributed by atoms with Gasteiger partial charge in [-0.15, -0.1) is 0 Å². The highest BCUT2D eigenvalue weighted by Crippen LogP contribution is 2.14. The lowest BCUT2D eigenvalue weighted by atomic mass is 9.99. The number of carbonyl (C=O) groups excluding carboxylic acids is 2. The van der Waals surface area contributed by atoms with Gasteiger partial charge in [0.15, 0.2) is 0 Å². The number of amides is 1. The highest BCUT2D eigenvalue weighted by atomic mass is 16.6. The summed E-state index contributed by atoms with van der Waals surface area (Å²) < 4.78 is 5.20. The van der Waals surface area contributed by atoms with Crippen LogP contribution in [0.4, 0.5) is 4.79 Å². The molecule has 4 heteroatoms. The molecular formula is C11H19NO3. The van der Waals surface area contributed by atoms with Crippen molar-refractivity contribution in [3.63, 3.8) is 0 Å². The lowest BCUT2D eigenvalue weighted by molar-refractivity contribution is -0.125. The van der Waals surface area contributed by atoms with E-state index in [1.807, 2.05) is 20.8 Å². The van der Waals surface area contributed by atoms with Gasteiger partial charge in [0.05, 0.1) is 0 Å². The van der Waals surface area contributed by atoms with Crippen LogP contribution < -0.4 is 0 Å². The molecule has 0 N–H and O–H groups in total. The molecule has 0 bridgehead atoms. The second kappa shape index (κ2) is 5.14. The van der Waals surface area contributed by atoms with Crippen molar-refractivity contribution in [3.8, 4) is 0 Å². The Morgan fingerprint density at radius 3 is 2.87 bits per heavy atom. The SMILES string of the molecule is CCC(C)OC(=O)N1CCC(=O)C(C)C1. The molecule has 1 rings (SSSR count). The first-order chi connectivity index (χ1) is 7.04. The van der Waals surface area contributed by atoms with E-state index >= 15 is 0 Å². The van der Waals surface area contributed by atoms with Crippen LogP contribution in [-0.2, 0) is 9.53 Å². The van der Waals surface area contributed by atoms with Crippen molar-refractivity contribution in [3.05, 3.63) is 0 Å². The number of rotatable bonds is 2. The summed E-state index contributed by atoms with van der Waals surface area (Å²) in [6, 6.07) is 0. The van der Waals surface area contributed by atoms with Crippen LogP contribution in [0.15, 0.2) is 0 Å². The highest BCUT2D eigenvalue weighted by molar-refractivity contribution is 5.83. The predicted octanol–water partition coefficient (Wildman–Crippen LogP) is 1.83. The van der Waals surface area contributed by atoms with E-state index in [0.717, 1.165) is 6.42 Å². The van der Waals surface area contributed by atoms with Gasteiger partial charge < -0.3 is 9.64 Å². The Kier molecular flexibility index (Phi) is 4.12. The van der Waals surface area contributed by atoms with Crippen LogP contribution >= 0.6 is 0 Å². The second-order valence-corrected chi connectivity index (χ2v) is 4.17. The summed E-state index contributed by atoms with van der Waals surface area (Å²) in [5.74, 6) is 0.186. The monoisotopic (exact) mass is 213 g/mol. The summed E-state index contributed by atoms with van der Waals surface area (Å²) in [4.78, 5) is 24.5. The first kappa shape index (κ1) is 12.0. The Hall–Kier alpha value is -1.06. The first-order valence-corrected chi connectivity index (χ1v) is 5.52. The number of ketones is 1. The summed E-state index contributed by atoms with van der Waals surface area (Å²) in [6.07, 6.45) is 0.930. The average molecular weight is 213 g/mol. The minimum Gasteiger partial charge on any atom is -0.446 e. The van der Waals surface area contributed by atoms with Crippen molar-refractivity contribution in [2.24, 2.45) is 5.92 Å². The van der Waals surface area contributed by atoms with E-state index in [-0.39, 0.29) is 23.9 Å². The maximum atomic E-state index is 11.6. The molecule has 1 aliphatic heterocycles. The molecule has 86 valence electrons. The highest BCUT2D eigenvalue weighted by Gasteiger charge is 2.27. The van der Waals surface area contributed by atoms with Gasteiger partial charge in [-0.1, -0.05) is 13.8 Å². The van der Waals surface area contributed by atoms with Gasteiger partial charge in [-0.25, -0.2) is 4.79 Å². The van der Waals surface area contributed by atoms with E-state index in [9.17, 15) is 9.59 Å². The number of carbonyl (C=O) groups is 2. The number of hydrogen-bond donors (Lipinski definition) is 0. The Bertz CT molecular complexity index is 252. The summed E-state index contributed by atoms with van der Waals surface area (Å²) in [7, 11) is 0. The number of hydrogen-bond acceptors (Lipinski definition) is 3. The summed E-state index contributed by atoms with van der Waals surface area (Å²) in [5.41, 5.74) is 0. The van der Waals surface area contributed by atoms with Crippen LogP contribution in [0.1, 0.15) is 33.6 Å². The summed E-state index contributed by atoms with van der Waals surface area (Å²) in [6.45, 7) is 6.69. The Balaban J connectivity index is 2.44. The number of ether oxygens (including phenoxy) is 1. The lowest BCUT2D eigenvalue weighted by Crippen LogP contribution is -2.44. The van der Waals surface area contributed by atoms with Gasteiger partial charge in [0.1, 0.15) is 11.9 Å². The third kappa shape index (κ3) is 3.22. The molecule has 0 aromatic carbocycles. The molecule has 1 heterocycles. The molecule has 0 aliphatic carbocycles. The van der Waals surface area contributed by atoms with E-state index in [0.29, 0.717) is 19.5 Å². The predicted molar refractivity (Wildman–Crippen MR) is 56.6 cm³/mol. The van der Waals surface area contributed by atoms with Crippen molar-refractivity contribution in [1.29, 1.82) is 0 Å². The van der Waals surface area contributed by atoms with E-state index in [4.69, 9.17) is 4.74 Å². The smallest absolute Gasteiger partial charge is 0.410 e. The molecule has 0 aromatic rings. The van der Waals surface area contributed by atoms with Crippen LogP contribution in [0.5, 0.6) is 0 Å². The zero-order valence-corrected chi connectivity index (χ0v) is 9.66. The van der Waals surface area contributed by atoms with Crippen molar-refractivity contribution in [2.45, 2.75) is 39.7 Å². The number of nitrogens with zero attached hydrogens (tertiary/aromatic N) is 1. The van der Waals surface area contributed by atoms with E-state index in [1.165, 1.54) is 0 Å². The molecule has 0 radical (unpaired) electrons. The van der Waals surface area contributed by atoms with Crippen molar-refractivity contribution in [1.82, 2.24) is 4.90 Å². The first-order valence-electron chi connectivity index (χ1n) is 5.52. The van der Waals surface area contributed by atoms with Gasteiger partial charge in [0, 0.05) is 25.4 Å². The molecular weight excluding hydrogens is 194 g/mol. The van der Waals surface area contributed by atoms with Crippen LogP contribution in [0.25, 0.3) is 0 Å². The largest absolute Gasteiger partial charge is 0.446 e. The average Bonchev–Trinajstić information content (AvgIpc) is 2.21. The van der Waals surface area contributed by atoms with Crippen LogP contribution in [0, 0.1) is 5.92 Å². The van der Waals surface area contributed by atoms with Crippen molar-refractivity contribution in [2.75, 3.05) is 13.1 Å². The van der Waals surface area contributed by atoms with Crippen molar-refractivity contribution >= 4 is 11.9 Å². The van der Waals surface area contributed by atoms with E-state index in [2.05, 4.69) is 0 Å². The third-order valence-corrected chi connectivity index (χ3v) is 2.81. The molecule has 2 unspecified atom stereocenters. The molecule has 1 fully saturated rings. The van der Waals surface area contributed by atoms with Gasteiger partial charge in [0.25, 0.3) is 0 Å². The summed E-state index contributed by atoms with van der Waals surface area (Å²) >= 11 is 0. The zero-order chi connectivity index (χ0) is 11.4. The third-order valence-electron chi connectivity index (χ3n) is 2.81. The Labute approximate surface area is 90.6 Å². The fourth-order valence-corrected chi connectivity index (χ4v) is 1.51. The fraction of sp³-hybridized carbons (Fsp3) is 0.818. The quantitative estimate of drug-likeness (QED) is 0.703. The van der Waals surface area contributed by atoms with Gasteiger partial charge in [-0.05, 0) is 13.3 Å². The molecule has 4 nitrogen and oxygen atoms in total. The van der Waals surface area contributed by atoms with Crippen molar-refractivity contribution < 1.29 is 14.3 Å². The van der Waals surface area contributed by atoms with Gasteiger partial charge in [0.2, 0.25) is 0 Å².